The summed E-state index contributed by atoms with van der Waals surface area (Å²) in [6.07, 6.45) is 14.1. The second-order valence-electron chi connectivity index (χ2n) is 9.71. The molecule has 0 aliphatic heterocycles. The Morgan fingerprint density at radius 1 is 0.885 bits per heavy atom. The molecule has 0 unspecified atom stereocenters. The van der Waals surface area contributed by atoms with E-state index in [9.17, 15) is 4.79 Å². The monoisotopic (exact) mass is 352 g/mol. The van der Waals surface area contributed by atoms with Gasteiger partial charge in [0.25, 0.3) is 0 Å². The van der Waals surface area contributed by atoms with Crippen LogP contribution in [0.5, 0.6) is 0 Å². The minimum Gasteiger partial charge on any atom is -0.382 e. The first kappa shape index (κ1) is 16.6. The molecule has 4 bridgehead atoms. The van der Waals surface area contributed by atoms with Gasteiger partial charge in [0.2, 0.25) is 5.91 Å². The van der Waals surface area contributed by atoms with Crippen LogP contribution in [0.3, 0.4) is 0 Å². The summed E-state index contributed by atoms with van der Waals surface area (Å²) in [5.74, 6) is 2.73. The minimum absolute atomic E-state index is 0.0679. The highest BCUT2D eigenvalue weighted by Gasteiger charge is 2.54. The van der Waals surface area contributed by atoms with Crippen LogP contribution >= 0.6 is 0 Å². The zero-order valence-corrected chi connectivity index (χ0v) is 15.8. The van der Waals surface area contributed by atoms with E-state index in [1.165, 1.54) is 51.4 Å². The maximum absolute atomic E-state index is 13.2. The lowest BCUT2D eigenvalue weighted by molar-refractivity contribution is -0.140. The topological polar surface area (TPSA) is 41.1 Å². The van der Waals surface area contributed by atoms with Crippen molar-refractivity contribution in [3.8, 4) is 0 Å². The normalized spacial score (nSPS) is 36.1. The van der Waals surface area contributed by atoms with E-state index < -0.39 is 0 Å². The molecule has 6 rings (SSSR count). The smallest absolute Gasteiger partial charge is 0.230 e. The van der Waals surface area contributed by atoms with Gasteiger partial charge in [-0.3, -0.25) is 4.79 Å². The SMILES string of the molecule is O=C(Nc1cccc(NC2CCCCC2)c1)C12CC3CC(CC(C3)C1)C2. The second-order valence-corrected chi connectivity index (χ2v) is 9.71. The van der Waals surface area contributed by atoms with Crippen LogP contribution < -0.4 is 10.6 Å². The van der Waals surface area contributed by atoms with Crippen LogP contribution in [0.2, 0.25) is 0 Å². The van der Waals surface area contributed by atoms with Gasteiger partial charge in [0.05, 0.1) is 5.41 Å². The largest absolute Gasteiger partial charge is 0.382 e. The van der Waals surface area contributed by atoms with Gasteiger partial charge in [0, 0.05) is 17.4 Å². The molecule has 5 aliphatic carbocycles. The molecular weight excluding hydrogens is 320 g/mol. The molecule has 5 saturated carbocycles. The summed E-state index contributed by atoms with van der Waals surface area (Å²) >= 11 is 0. The van der Waals surface area contributed by atoms with Gasteiger partial charge < -0.3 is 10.6 Å². The summed E-state index contributed by atoms with van der Waals surface area (Å²) < 4.78 is 0. The third kappa shape index (κ3) is 3.14. The Morgan fingerprint density at radius 3 is 2.15 bits per heavy atom. The van der Waals surface area contributed by atoms with Gasteiger partial charge in [0.1, 0.15) is 0 Å². The van der Waals surface area contributed by atoms with Crippen molar-refractivity contribution in [2.24, 2.45) is 23.2 Å². The van der Waals surface area contributed by atoms with E-state index in [0.29, 0.717) is 11.9 Å². The molecule has 0 heterocycles. The Morgan fingerprint density at radius 2 is 1.50 bits per heavy atom. The molecule has 0 aromatic heterocycles. The maximum Gasteiger partial charge on any atom is 0.230 e. The summed E-state index contributed by atoms with van der Waals surface area (Å²) in [6, 6.07) is 8.98. The van der Waals surface area contributed by atoms with Crippen LogP contribution in [0.15, 0.2) is 24.3 Å². The predicted octanol–water partition coefficient (Wildman–Crippen LogP) is 5.59. The predicted molar refractivity (Wildman–Crippen MR) is 106 cm³/mol. The van der Waals surface area contributed by atoms with E-state index in [1.54, 1.807) is 0 Å². The molecule has 140 valence electrons. The van der Waals surface area contributed by atoms with E-state index in [-0.39, 0.29) is 5.41 Å². The molecule has 3 nitrogen and oxygen atoms in total. The highest BCUT2D eigenvalue weighted by Crippen LogP contribution is 2.60. The van der Waals surface area contributed by atoms with Crippen LogP contribution in [0.4, 0.5) is 11.4 Å². The molecule has 1 amide bonds. The Hall–Kier alpha value is -1.51. The molecule has 1 aromatic rings. The number of nitrogens with one attached hydrogen (secondary N) is 2. The number of rotatable bonds is 4. The zero-order valence-electron chi connectivity index (χ0n) is 15.8. The zero-order chi connectivity index (χ0) is 17.6. The average Bonchev–Trinajstić information content (AvgIpc) is 2.62. The van der Waals surface area contributed by atoms with E-state index in [4.69, 9.17) is 0 Å². The van der Waals surface area contributed by atoms with Crippen molar-refractivity contribution in [3.63, 3.8) is 0 Å². The Balaban J connectivity index is 1.27. The van der Waals surface area contributed by atoms with Gasteiger partial charge in [0.15, 0.2) is 0 Å². The lowest BCUT2D eigenvalue weighted by Gasteiger charge is -2.55. The Labute approximate surface area is 157 Å². The van der Waals surface area contributed by atoms with Crippen molar-refractivity contribution in [1.82, 2.24) is 0 Å². The van der Waals surface area contributed by atoms with E-state index in [0.717, 1.165) is 48.4 Å². The standard InChI is InChI=1S/C23H32N2O/c26-22(23-13-16-9-17(14-23)11-18(10-16)15-23)25-21-8-4-7-20(12-21)24-19-5-2-1-3-6-19/h4,7-8,12,16-19,24H,1-3,5-6,9-11,13-15H2,(H,25,26). The van der Waals surface area contributed by atoms with E-state index in [1.807, 2.05) is 6.07 Å². The molecular formula is C23H32N2O. The average molecular weight is 353 g/mol. The van der Waals surface area contributed by atoms with Gasteiger partial charge >= 0.3 is 0 Å². The highest BCUT2D eigenvalue weighted by molar-refractivity contribution is 5.96. The van der Waals surface area contributed by atoms with Crippen LogP contribution in [0, 0.1) is 23.2 Å². The molecule has 5 fully saturated rings. The molecule has 1 aromatic carbocycles. The second kappa shape index (κ2) is 6.58. The van der Waals surface area contributed by atoms with Crippen molar-refractivity contribution in [1.29, 1.82) is 0 Å². The van der Waals surface area contributed by atoms with Crippen LogP contribution in [0.1, 0.15) is 70.6 Å². The van der Waals surface area contributed by atoms with E-state index >= 15 is 0 Å². The van der Waals surface area contributed by atoms with Gasteiger partial charge in [-0.15, -0.1) is 0 Å². The summed E-state index contributed by atoms with van der Waals surface area (Å²) in [4.78, 5) is 13.2. The van der Waals surface area contributed by atoms with Crippen LogP contribution in [-0.2, 0) is 4.79 Å². The molecule has 2 N–H and O–H groups in total. The van der Waals surface area contributed by atoms with Crippen LogP contribution in [-0.4, -0.2) is 11.9 Å². The molecule has 0 spiro atoms. The Bertz CT molecular complexity index is 641. The fraction of sp³-hybridized carbons (Fsp3) is 0.696. The first-order valence-electron chi connectivity index (χ1n) is 10.9. The molecule has 0 radical (unpaired) electrons. The molecule has 0 atom stereocenters. The van der Waals surface area contributed by atoms with Crippen molar-refractivity contribution >= 4 is 17.3 Å². The molecule has 0 saturated heterocycles. The minimum atomic E-state index is -0.0679. The first-order valence-corrected chi connectivity index (χ1v) is 10.9. The van der Waals surface area contributed by atoms with Crippen molar-refractivity contribution in [2.75, 3.05) is 10.6 Å². The van der Waals surface area contributed by atoms with Gasteiger partial charge in [-0.1, -0.05) is 25.3 Å². The maximum atomic E-state index is 13.2. The third-order valence-electron chi connectivity index (χ3n) is 7.62. The van der Waals surface area contributed by atoms with Crippen molar-refractivity contribution < 1.29 is 4.79 Å². The molecule has 3 heteroatoms. The van der Waals surface area contributed by atoms with Crippen LogP contribution in [0.25, 0.3) is 0 Å². The lowest BCUT2D eigenvalue weighted by Crippen LogP contribution is -2.51. The van der Waals surface area contributed by atoms with Gasteiger partial charge in [-0.25, -0.2) is 0 Å². The Kier molecular flexibility index (Phi) is 4.21. The summed E-state index contributed by atoms with van der Waals surface area (Å²) in [5, 5.41) is 6.98. The lowest BCUT2D eigenvalue weighted by atomic mass is 9.49. The number of amides is 1. The molecule has 26 heavy (non-hydrogen) atoms. The quantitative estimate of drug-likeness (QED) is 0.742. The fourth-order valence-electron chi connectivity index (χ4n) is 6.82. The highest BCUT2D eigenvalue weighted by atomic mass is 16.2. The summed E-state index contributed by atoms with van der Waals surface area (Å²) in [6.45, 7) is 0. The summed E-state index contributed by atoms with van der Waals surface area (Å²) in [5.41, 5.74) is 2.05. The first-order chi connectivity index (χ1) is 12.7. The number of hydrogen-bond acceptors (Lipinski definition) is 2. The van der Waals surface area contributed by atoms with Gasteiger partial charge in [-0.05, 0) is 87.3 Å². The number of hydrogen-bond donors (Lipinski definition) is 2. The van der Waals surface area contributed by atoms with Crippen molar-refractivity contribution in [3.05, 3.63) is 24.3 Å². The summed E-state index contributed by atoms with van der Waals surface area (Å²) in [7, 11) is 0. The van der Waals surface area contributed by atoms with Gasteiger partial charge in [-0.2, -0.15) is 0 Å². The third-order valence-corrected chi connectivity index (χ3v) is 7.62. The number of benzene rings is 1. The number of carbonyl (C=O) groups excluding carboxylic acids is 1. The molecule has 5 aliphatic rings. The van der Waals surface area contributed by atoms with E-state index in [2.05, 4.69) is 28.8 Å². The fourth-order valence-corrected chi connectivity index (χ4v) is 6.82. The number of anilines is 2. The van der Waals surface area contributed by atoms with Crippen molar-refractivity contribution in [2.45, 2.75) is 76.7 Å². The number of carbonyl (C=O) groups is 1.